The van der Waals surface area contributed by atoms with E-state index in [0.717, 1.165) is 93.0 Å². The number of ketones is 2. The molecule has 68 heavy (non-hydrogen) atoms. The van der Waals surface area contributed by atoms with Crippen LogP contribution in [0.1, 0.15) is 76.3 Å². The van der Waals surface area contributed by atoms with Gasteiger partial charge in [0.25, 0.3) is 0 Å². The van der Waals surface area contributed by atoms with E-state index in [1.165, 1.54) is 47.8 Å². The molecule has 2 saturated carbocycles. The van der Waals surface area contributed by atoms with Crippen molar-refractivity contribution in [1.82, 2.24) is 0 Å². The van der Waals surface area contributed by atoms with Crippen molar-refractivity contribution in [1.29, 1.82) is 10.5 Å². The number of benzene rings is 5. The van der Waals surface area contributed by atoms with Gasteiger partial charge in [-0.15, -0.1) is 23.5 Å². The molecule has 0 aromatic heterocycles. The summed E-state index contributed by atoms with van der Waals surface area (Å²) in [6.45, 7) is 3.51. The van der Waals surface area contributed by atoms with E-state index in [2.05, 4.69) is 49.3 Å². The summed E-state index contributed by atoms with van der Waals surface area (Å²) in [7, 11) is 0. The third-order valence-corrected chi connectivity index (χ3v) is 13.6. The molecule has 0 atom stereocenters. The van der Waals surface area contributed by atoms with Gasteiger partial charge in [0.2, 0.25) is 0 Å². The van der Waals surface area contributed by atoms with Gasteiger partial charge in [-0.1, -0.05) is 63.9 Å². The van der Waals surface area contributed by atoms with Gasteiger partial charge >= 0.3 is 0 Å². The number of nitriles is 2. The Kier molecular flexibility index (Phi) is 22.0. The minimum absolute atomic E-state index is 0.245. The molecule has 2 aliphatic rings. The maximum atomic E-state index is 13.2. The first kappa shape index (κ1) is 52.9. The Bertz CT molecular complexity index is 2650. The molecule has 7 rings (SSSR count). The highest BCUT2D eigenvalue weighted by Crippen LogP contribution is 2.31. The largest absolute Gasteiger partial charge is 0.361 e. The normalized spacial score (nSPS) is 15.2. The summed E-state index contributed by atoms with van der Waals surface area (Å²) < 4.78 is 27.1. The fourth-order valence-electron chi connectivity index (χ4n) is 6.56. The topological polar surface area (TPSA) is 130 Å². The number of hydrogen-bond donors (Lipinski definition) is 4. The van der Waals surface area contributed by atoms with Crippen LogP contribution in [-0.4, -0.2) is 11.6 Å². The second kappa shape index (κ2) is 28.3. The number of carbonyl (C=O) groups excluding carboxylic acids is 2. The molecular weight excluding hydrogens is 982 g/mol. The van der Waals surface area contributed by atoms with Crippen LogP contribution < -0.4 is 21.3 Å². The first-order chi connectivity index (χ1) is 32.9. The van der Waals surface area contributed by atoms with E-state index in [4.69, 9.17) is 22.1 Å². The molecule has 0 unspecified atom stereocenters. The number of para-hydroxylation sites is 1. The fraction of sp³-hybridized carbons (Fsp3) is 0.222. The van der Waals surface area contributed by atoms with Crippen LogP contribution in [0.5, 0.6) is 0 Å². The zero-order valence-electron chi connectivity index (χ0n) is 37.8. The lowest BCUT2D eigenvalue weighted by Gasteiger charge is -2.13. The van der Waals surface area contributed by atoms with Gasteiger partial charge in [-0.25, -0.2) is 8.78 Å². The summed E-state index contributed by atoms with van der Waals surface area (Å²) in [6, 6.07) is 40.1. The highest BCUT2D eigenvalue weighted by molar-refractivity contribution is 9.10. The van der Waals surface area contributed by atoms with Gasteiger partial charge in [0.1, 0.15) is 11.6 Å². The lowest BCUT2D eigenvalue weighted by Crippen LogP contribution is -2.10. The molecule has 2 fully saturated rings. The summed E-state index contributed by atoms with van der Waals surface area (Å²) in [6.07, 6.45) is 11.0. The molecule has 4 N–H and O–H groups in total. The van der Waals surface area contributed by atoms with Crippen LogP contribution in [-0.2, 0) is 21.1 Å². The SMILES string of the molecule is C/C(C#N)=C(\Nc1ccc(Br)cc1)SCc1ccc(F)cc1.C/C(C#N)=C(\Nc1ccccc1Cl)SCc1cccc(F)c1.O=C1CCCCC1=CNc1ccc(NC=C2CCCCC2=O)cc1. The van der Waals surface area contributed by atoms with Crippen molar-refractivity contribution in [2.24, 2.45) is 0 Å². The molecule has 8 nitrogen and oxygen atoms in total. The Hall–Kier alpha value is -6.09. The second-order valence-electron chi connectivity index (χ2n) is 15.7. The lowest BCUT2D eigenvalue weighted by atomic mass is 9.94. The number of halogens is 4. The van der Waals surface area contributed by atoms with Crippen molar-refractivity contribution in [3.8, 4) is 12.1 Å². The summed E-state index contributed by atoms with van der Waals surface area (Å²) in [4.78, 5) is 23.6. The third kappa shape index (κ3) is 18.2. The van der Waals surface area contributed by atoms with Gasteiger partial charge < -0.3 is 21.3 Å². The smallest absolute Gasteiger partial charge is 0.160 e. The lowest BCUT2D eigenvalue weighted by molar-refractivity contribution is -0.117. The number of rotatable bonds is 14. The molecule has 5 aromatic rings. The summed E-state index contributed by atoms with van der Waals surface area (Å²) in [5.41, 5.74) is 8.38. The molecule has 0 radical (unpaired) electrons. The Morgan fingerprint density at radius 3 is 1.63 bits per heavy atom. The van der Waals surface area contributed by atoms with Crippen LogP contribution in [0.4, 0.5) is 31.5 Å². The minimum Gasteiger partial charge on any atom is -0.361 e. The summed E-state index contributed by atoms with van der Waals surface area (Å²) in [5.74, 6) is 1.24. The molecule has 0 aliphatic heterocycles. The second-order valence-corrected chi connectivity index (χ2v) is 19.0. The van der Waals surface area contributed by atoms with E-state index >= 15 is 0 Å². The molecule has 0 saturated heterocycles. The number of carbonyl (C=O) groups is 2. The van der Waals surface area contributed by atoms with E-state index in [1.54, 1.807) is 38.1 Å². The van der Waals surface area contributed by atoms with Gasteiger partial charge in [-0.3, -0.25) is 9.59 Å². The Labute approximate surface area is 420 Å². The maximum absolute atomic E-state index is 13.2. The average molecular weight is 1030 g/mol. The van der Waals surface area contributed by atoms with E-state index < -0.39 is 0 Å². The number of thioether (sulfide) groups is 2. The molecular formula is C54H52BrClF2N6O2S2. The molecule has 2 aliphatic carbocycles. The zero-order valence-corrected chi connectivity index (χ0v) is 41.8. The van der Waals surface area contributed by atoms with Crippen LogP contribution in [0.15, 0.2) is 171 Å². The fourth-order valence-corrected chi connectivity index (χ4v) is 8.89. The van der Waals surface area contributed by atoms with Gasteiger partial charge in [0.15, 0.2) is 11.6 Å². The van der Waals surface area contributed by atoms with Crippen LogP contribution >= 0.6 is 51.1 Å². The number of hydrogen-bond acceptors (Lipinski definition) is 10. The third-order valence-electron chi connectivity index (χ3n) is 10.4. The standard InChI is InChI=1S/C20H24N2O2.C17H14BrFN2S.C17H14ClFN2S/c23-19-7-3-1-5-15(19)13-21-17-9-11-18(12-10-17)22-14-16-6-2-4-8-20(16)24;1-12(10-20)17(21-16-8-4-14(18)5-9-16)22-11-13-2-6-15(19)7-3-13;1-12(10-20)17(21-16-8-3-2-7-15(16)18)22-11-13-5-4-6-14(19)9-13/h9-14,21-22H,1-8H2;2*2-9,21H,11H2,1H3/b;2*17-12-. The van der Waals surface area contributed by atoms with Gasteiger partial charge in [-0.2, -0.15) is 10.5 Å². The van der Waals surface area contributed by atoms with Crippen molar-refractivity contribution in [3.63, 3.8) is 0 Å². The Balaban J connectivity index is 0.000000191. The van der Waals surface area contributed by atoms with Gasteiger partial charge in [0, 0.05) is 69.4 Å². The van der Waals surface area contributed by atoms with Gasteiger partial charge in [-0.05, 0) is 148 Å². The predicted molar refractivity (Wildman–Crippen MR) is 282 cm³/mol. The van der Waals surface area contributed by atoms with E-state index in [-0.39, 0.29) is 23.2 Å². The van der Waals surface area contributed by atoms with Crippen LogP contribution in [0, 0.1) is 34.3 Å². The summed E-state index contributed by atoms with van der Waals surface area (Å²) in [5, 5.41) is 33.2. The molecule has 0 heterocycles. The van der Waals surface area contributed by atoms with Crippen molar-refractivity contribution < 1.29 is 18.4 Å². The molecule has 5 aromatic carbocycles. The molecule has 0 amide bonds. The number of nitrogens with zero attached hydrogens (tertiary/aromatic N) is 2. The van der Waals surface area contributed by atoms with E-state index in [0.29, 0.717) is 45.5 Å². The van der Waals surface area contributed by atoms with E-state index in [1.807, 2.05) is 85.2 Å². The van der Waals surface area contributed by atoms with Crippen molar-refractivity contribution in [2.45, 2.75) is 76.7 Å². The highest BCUT2D eigenvalue weighted by atomic mass is 79.9. The highest BCUT2D eigenvalue weighted by Gasteiger charge is 2.16. The first-order valence-electron chi connectivity index (χ1n) is 22.0. The van der Waals surface area contributed by atoms with Crippen LogP contribution in [0.3, 0.4) is 0 Å². The Morgan fingerprint density at radius 2 is 1.12 bits per heavy atom. The number of allylic oxidation sites excluding steroid dienone is 4. The molecule has 350 valence electrons. The molecule has 0 spiro atoms. The predicted octanol–water partition coefficient (Wildman–Crippen LogP) is 15.8. The zero-order chi connectivity index (χ0) is 48.7. The number of Topliss-reactive ketones (excluding diaryl/α,β-unsaturated/α-hetero) is 2. The van der Waals surface area contributed by atoms with Crippen molar-refractivity contribution in [3.05, 3.63) is 198 Å². The quantitative estimate of drug-likeness (QED) is 0.0630. The molecule has 14 heteroatoms. The average Bonchev–Trinajstić information content (AvgIpc) is 3.35. The summed E-state index contributed by atoms with van der Waals surface area (Å²) >= 11 is 12.5. The molecule has 0 bridgehead atoms. The van der Waals surface area contributed by atoms with Crippen LogP contribution in [0.25, 0.3) is 0 Å². The minimum atomic E-state index is -0.264. The van der Waals surface area contributed by atoms with Crippen molar-refractivity contribution in [2.75, 3.05) is 21.3 Å². The van der Waals surface area contributed by atoms with Gasteiger partial charge in [0.05, 0.1) is 44.1 Å². The first-order valence-corrected chi connectivity index (χ1v) is 25.1. The van der Waals surface area contributed by atoms with E-state index in [9.17, 15) is 18.4 Å². The van der Waals surface area contributed by atoms with Crippen molar-refractivity contribution >= 4 is 85.4 Å². The monoisotopic (exact) mass is 1030 g/mol. The maximum Gasteiger partial charge on any atom is 0.160 e. The number of anilines is 4. The van der Waals surface area contributed by atoms with Crippen LogP contribution in [0.2, 0.25) is 5.02 Å². The Morgan fingerprint density at radius 1 is 0.618 bits per heavy atom. The number of nitrogens with one attached hydrogen (secondary N) is 4.